The lowest BCUT2D eigenvalue weighted by molar-refractivity contribution is 0.152. The number of hydrogen-bond donors (Lipinski definition) is 1. The van der Waals surface area contributed by atoms with Crippen LogP contribution in [0.4, 0.5) is 0 Å². The van der Waals surface area contributed by atoms with Gasteiger partial charge in [0.25, 0.3) is 0 Å². The van der Waals surface area contributed by atoms with Gasteiger partial charge in [-0.2, -0.15) is 0 Å². The van der Waals surface area contributed by atoms with Gasteiger partial charge in [-0.15, -0.1) is 0 Å². The molecule has 1 aromatic carbocycles. The summed E-state index contributed by atoms with van der Waals surface area (Å²) in [5.41, 5.74) is 1.44. The zero-order valence-corrected chi connectivity index (χ0v) is 9.10. The van der Waals surface area contributed by atoms with Gasteiger partial charge >= 0.3 is 0 Å². The highest BCUT2D eigenvalue weighted by atomic mass is 16.5. The number of methoxy groups -OCH3 is 2. The van der Waals surface area contributed by atoms with Crippen LogP contribution in [0, 0.1) is 0 Å². The summed E-state index contributed by atoms with van der Waals surface area (Å²) < 4.78 is 10.3. The third kappa shape index (κ3) is 2.70. The van der Waals surface area contributed by atoms with E-state index in [-0.39, 0.29) is 6.10 Å². The minimum absolute atomic E-state index is 0.319. The van der Waals surface area contributed by atoms with E-state index in [1.807, 2.05) is 24.3 Å². The molecule has 0 amide bonds. The molecule has 1 unspecified atom stereocenters. The molecule has 15 heavy (non-hydrogen) atoms. The number of nitrogens with zero attached hydrogens (tertiary/aromatic N) is 1. The Bertz CT molecular complexity index is 332. The Morgan fingerprint density at radius 2 is 1.87 bits per heavy atom. The topological polar surface area (TPSA) is 51.0 Å². The third-order valence-electron chi connectivity index (χ3n) is 2.19. The Labute approximate surface area is 89.1 Å². The SMILES string of the molecule is COc1ccc(C(OC)/C(C)=N/O)cc1. The van der Waals surface area contributed by atoms with Crippen LogP contribution >= 0.6 is 0 Å². The average molecular weight is 209 g/mol. The zero-order valence-electron chi connectivity index (χ0n) is 9.10. The second kappa shape index (κ2) is 5.36. The molecule has 0 aromatic heterocycles. The molecule has 0 spiro atoms. The van der Waals surface area contributed by atoms with Crippen LogP contribution < -0.4 is 4.74 Å². The summed E-state index contributed by atoms with van der Waals surface area (Å²) in [6.07, 6.45) is -0.319. The van der Waals surface area contributed by atoms with E-state index in [1.165, 1.54) is 0 Å². The molecule has 1 rings (SSSR count). The van der Waals surface area contributed by atoms with Gasteiger partial charge < -0.3 is 14.7 Å². The highest BCUT2D eigenvalue weighted by molar-refractivity contribution is 5.87. The molecule has 0 fully saturated rings. The predicted octanol–water partition coefficient (Wildman–Crippen LogP) is 2.23. The summed E-state index contributed by atoms with van der Waals surface area (Å²) in [6, 6.07) is 7.43. The summed E-state index contributed by atoms with van der Waals surface area (Å²) in [7, 11) is 3.19. The molecule has 0 saturated carbocycles. The molecular weight excluding hydrogens is 194 g/mol. The van der Waals surface area contributed by atoms with Crippen LogP contribution in [-0.2, 0) is 4.74 Å². The van der Waals surface area contributed by atoms with Gasteiger partial charge in [-0.25, -0.2) is 0 Å². The molecule has 1 atom stereocenters. The fourth-order valence-electron chi connectivity index (χ4n) is 1.38. The fraction of sp³-hybridized carbons (Fsp3) is 0.364. The molecule has 0 aliphatic heterocycles. The number of hydrogen-bond acceptors (Lipinski definition) is 4. The highest BCUT2D eigenvalue weighted by Gasteiger charge is 2.14. The normalized spacial score (nSPS) is 13.7. The Kier molecular flexibility index (Phi) is 4.12. The van der Waals surface area contributed by atoms with Gasteiger partial charge in [0.15, 0.2) is 0 Å². The molecule has 0 radical (unpaired) electrons. The first-order chi connectivity index (χ1) is 7.22. The fourth-order valence-corrected chi connectivity index (χ4v) is 1.38. The minimum atomic E-state index is -0.319. The second-order valence-electron chi connectivity index (χ2n) is 3.13. The van der Waals surface area contributed by atoms with Crippen molar-refractivity contribution < 1.29 is 14.7 Å². The molecule has 0 bridgehead atoms. The molecule has 0 aliphatic carbocycles. The quantitative estimate of drug-likeness (QED) is 0.470. The van der Waals surface area contributed by atoms with E-state index >= 15 is 0 Å². The van der Waals surface area contributed by atoms with Crippen molar-refractivity contribution in [3.8, 4) is 5.75 Å². The van der Waals surface area contributed by atoms with Crippen molar-refractivity contribution in [3.63, 3.8) is 0 Å². The van der Waals surface area contributed by atoms with Crippen molar-refractivity contribution in [1.29, 1.82) is 0 Å². The maximum absolute atomic E-state index is 8.68. The molecule has 4 nitrogen and oxygen atoms in total. The van der Waals surface area contributed by atoms with E-state index in [0.29, 0.717) is 5.71 Å². The lowest BCUT2D eigenvalue weighted by Gasteiger charge is -2.14. The Hall–Kier alpha value is -1.55. The maximum Gasteiger partial charge on any atom is 0.123 e. The largest absolute Gasteiger partial charge is 0.497 e. The molecule has 4 heteroatoms. The van der Waals surface area contributed by atoms with Gasteiger partial charge in [0.05, 0.1) is 12.8 Å². The van der Waals surface area contributed by atoms with Crippen molar-refractivity contribution in [2.45, 2.75) is 13.0 Å². The van der Waals surface area contributed by atoms with Crippen molar-refractivity contribution >= 4 is 5.71 Å². The average Bonchev–Trinajstić information content (AvgIpc) is 2.30. The molecule has 1 N–H and O–H groups in total. The number of oxime groups is 1. The number of benzene rings is 1. The van der Waals surface area contributed by atoms with Crippen LogP contribution in [0.1, 0.15) is 18.6 Å². The van der Waals surface area contributed by atoms with Crippen molar-refractivity contribution in [2.75, 3.05) is 14.2 Å². The van der Waals surface area contributed by atoms with E-state index < -0.39 is 0 Å². The summed E-state index contributed by atoms with van der Waals surface area (Å²) in [6.45, 7) is 1.71. The van der Waals surface area contributed by atoms with Crippen molar-refractivity contribution in [1.82, 2.24) is 0 Å². The monoisotopic (exact) mass is 209 g/mol. The van der Waals surface area contributed by atoms with Gasteiger partial charge in [-0.3, -0.25) is 0 Å². The molecule has 0 saturated heterocycles. The Morgan fingerprint density at radius 3 is 2.27 bits per heavy atom. The maximum atomic E-state index is 8.68. The third-order valence-corrected chi connectivity index (χ3v) is 2.19. The lowest BCUT2D eigenvalue weighted by Crippen LogP contribution is -2.11. The van der Waals surface area contributed by atoms with E-state index in [1.54, 1.807) is 21.1 Å². The van der Waals surface area contributed by atoms with Crippen molar-refractivity contribution in [3.05, 3.63) is 29.8 Å². The van der Waals surface area contributed by atoms with E-state index in [0.717, 1.165) is 11.3 Å². The molecule has 0 heterocycles. The van der Waals surface area contributed by atoms with Gasteiger partial charge in [0.2, 0.25) is 0 Å². The van der Waals surface area contributed by atoms with Crippen LogP contribution in [0.3, 0.4) is 0 Å². The van der Waals surface area contributed by atoms with Crippen LogP contribution in [0.5, 0.6) is 5.75 Å². The van der Waals surface area contributed by atoms with Crippen LogP contribution in [0.25, 0.3) is 0 Å². The van der Waals surface area contributed by atoms with Gasteiger partial charge in [0, 0.05) is 7.11 Å². The zero-order chi connectivity index (χ0) is 11.3. The number of rotatable bonds is 4. The van der Waals surface area contributed by atoms with E-state index in [2.05, 4.69) is 5.16 Å². The van der Waals surface area contributed by atoms with Gasteiger partial charge in [-0.05, 0) is 24.6 Å². The summed E-state index contributed by atoms with van der Waals surface area (Å²) >= 11 is 0. The standard InChI is InChI=1S/C11H15NO3/c1-8(12-13)11(15-3)9-4-6-10(14-2)7-5-9/h4-7,11,13H,1-3H3/b12-8+. The first-order valence-corrected chi connectivity index (χ1v) is 4.58. The Balaban J connectivity index is 2.93. The van der Waals surface area contributed by atoms with E-state index in [4.69, 9.17) is 14.7 Å². The number of ether oxygens (including phenoxy) is 2. The molecule has 1 aromatic rings. The van der Waals surface area contributed by atoms with Crippen LogP contribution in [-0.4, -0.2) is 25.1 Å². The minimum Gasteiger partial charge on any atom is -0.497 e. The molecular formula is C11H15NO3. The van der Waals surface area contributed by atoms with E-state index in [9.17, 15) is 0 Å². The summed E-state index contributed by atoms with van der Waals surface area (Å²) in [5.74, 6) is 0.784. The molecule has 0 aliphatic rings. The first kappa shape index (κ1) is 11.5. The van der Waals surface area contributed by atoms with Gasteiger partial charge in [0.1, 0.15) is 11.9 Å². The van der Waals surface area contributed by atoms with Gasteiger partial charge in [-0.1, -0.05) is 17.3 Å². The first-order valence-electron chi connectivity index (χ1n) is 4.58. The lowest BCUT2D eigenvalue weighted by atomic mass is 10.1. The summed E-state index contributed by atoms with van der Waals surface area (Å²) in [5, 5.41) is 11.8. The second-order valence-corrected chi connectivity index (χ2v) is 3.13. The molecule has 82 valence electrons. The summed E-state index contributed by atoms with van der Waals surface area (Å²) in [4.78, 5) is 0. The predicted molar refractivity (Wildman–Crippen MR) is 57.6 cm³/mol. The van der Waals surface area contributed by atoms with Crippen molar-refractivity contribution in [2.24, 2.45) is 5.16 Å². The van der Waals surface area contributed by atoms with Crippen LogP contribution in [0.2, 0.25) is 0 Å². The van der Waals surface area contributed by atoms with Crippen LogP contribution in [0.15, 0.2) is 29.4 Å². The Morgan fingerprint density at radius 1 is 1.27 bits per heavy atom. The highest BCUT2D eigenvalue weighted by Crippen LogP contribution is 2.21. The smallest absolute Gasteiger partial charge is 0.123 e.